The van der Waals surface area contributed by atoms with Crippen molar-refractivity contribution >= 4 is 39.2 Å². The number of carbonyl (C=O) groups excluding carboxylic acids is 1. The van der Waals surface area contributed by atoms with Crippen LogP contribution in [0.1, 0.15) is 28.4 Å². The number of rotatable bonds is 8. The standard InChI is InChI=1S/C25H28F3N7O4S/c1-16-15-39-12-11-35(16)23(36)17-6-8-19(9-7-17)32-24-31-14-20(25(26,27)28)21(33-24)30-13-18-5-4-10-29-22(18)34(2)40(3,37)38/h4-10,14,16H,11-13,15H2,1-3H3,(H2,30,31,32,33)/t16-/m1/s1. The van der Waals surface area contributed by atoms with Crippen LogP contribution in [0.2, 0.25) is 0 Å². The first kappa shape index (κ1) is 29.0. The largest absolute Gasteiger partial charge is 0.421 e. The predicted molar refractivity (Wildman–Crippen MR) is 143 cm³/mol. The van der Waals surface area contributed by atoms with E-state index in [0.717, 1.165) is 10.6 Å². The second-order valence-electron chi connectivity index (χ2n) is 9.15. The van der Waals surface area contributed by atoms with Crippen LogP contribution in [-0.2, 0) is 27.5 Å². The van der Waals surface area contributed by atoms with Gasteiger partial charge in [-0.1, -0.05) is 6.07 Å². The number of halogens is 3. The van der Waals surface area contributed by atoms with Gasteiger partial charge in [-0.05, 0) is 37.3 Å². The molecule has 4 rings (SSSR count). The molecule has 1 aromatic carbocycles. The fraction of sp³-hybridized carbons (Fsp3) is 0.360. The van der Waals surface area contributed by atoms with E-state index in [1.54, 1.807) is 41.3 Å². The van der Waals surface area contributed by atoms with Gasteiger partial charge in [0, 0.05) is 49.3 Å². The maximum Gasteiger partial charge on any atom is 0.421 e. The highest BCUT2D eigenvalue weighted by Gasteiger charge is 2.35. The summed E-state index contributed by atoms with van der Waals surface area (Å²) in [5, 5.41) is 5.49. The highest BCUT2D eigenvalue weighted by molar-refractivity contribution is 7.92. The number of carbonyl (C=O) groups is 1. The summed E-state index contributed by atoms with van der Waals surface area (Å²) in [4.78, 5) is 26.4. The van der Waals surface area contributed by atoms with Crippen LogP contribution < -0.4 is 14.9 Å². The summed E-state index contributed by atoms with van der Waals surface area (Å²) >= 11 is 0. The molecule has 0 spiro atoms. The van der Waals surface area contributed by atoms with Gasteiger partial charge in [-0.3, -0.25) is 9.10 Å². The molecule has 1 atom stereocenters. The zero-order valence-corrected chi connectivity index (χ0v) is 22.8. The van der Waals surface area contributed by atoms with Crippen molar-refractivity contribution in [1.29, 1.82) is 0 Å². The maximum atomic E-state index is 13.7. The number of anilines is 4. The Labute approximate surface area is 229 Å². The van der Waals surface area contributed by atoms with E-state index in [0.29, 0.717) is 42.8 Å². The number of hydrogen-bond acceptors (Lipinski definition) is 9. The van der Waals surface area contributed by atoms with E-state index >= 15 is 0 Å². The second kappa shape index (κ2) is 11.6. The number of hydrogen-bond donors (Lipinski definition) is 2. The first-order valence-corrected chi connectivity index (χ1v) is 14.0. The number of aromatic nitrogens is 3. The molecular weight excluding hydrogens is 551 g/mol. The molecular formula is C25H28F3N7O4S. The summed E-state index contributed by atoms with van der Waals surface area (Å²) in [7, 11) is -2.35. The van der Waals surface area contributed by atoms with Crippen LogP contribution in [-0.4, -0.2) is 73.3 Å². The van der Waals surface area contributed by atoms with Crippen LogP contribution >= 0.6 is 0 Å². The minimum Gasteiger partial charge on any atom is -0.377 e. The van der Waals surface area contributed by atoms with Gasteiger partial charge in [-0.2, -0.15) is 18.2 Å². The van der Waals surface area contributed by atoms with Gasteiger partial charge in [0.15, 0.2) is 0 Å². The zero-order chi connectivity index (χ0) is 29.1. The molecule has 2 N–H and O–H groups in total. The van der Waals surface area contributed by atoms with Gasteiger partial charge in [0.25, 0.3) is 5.91 Å². The van der Waals surface area contributed by atoms with E-state index in [2.05, 4.69) is 25.6 Å². The SMILES string of the molecule is C[C@@H]1COCCN1C(=O)c1ccc(Nc2ncc(C(F)(F)F)c(NCc3cccnc3N(C)S(C)(=O)=O)n2)cc1. The Hall–Kier alpha value is -3.98. The quantitative estimate of drug-likeness (QED) is 0.412. The van der Waals surface area contributed by atoms with Crippen LogP contribution in [0.25, 0.3) is 0 Å². The molecule has 11 nitrogen and oxygen atoms in total. The normalized spacial score (nSPS) is 15.9. The number of pyridine rings is 1. The van der Waals surface area contributed by atoms with Crippen LogP contribution in [0.4, 0.5) is 36.4 Å². The summed E-state index contributed by atoms with van der Waals surface area (Å²) in [6.07, 6.45) is -1.72. The van der Waals surface area contributed by atoms with Gasteiger partial charge in [0.05, 0.1) is 25.5 Å². The van der Waals surface area contributed by atoms with Gasteiger partial charge in [0.1, 0.15) is 17.2 Å². The summed E-state index contributed by atoms with van der Waals surface area (Å²) in [5.41, 5.74) is 0.162. The van der Waals surface area contributed by atoms with Gasteiger partial charge in [-0.15, -0.1) is 0 Å². The molecule has 0 aliphatic carbocycles. The lowest BCUT2D eigenvalue weighted by Crippen LogP contribution is -2.47. The predicted octanol–water partition coefficient (Wildman–Crippen LogP) is 3.50. The van der Waals surface area contributed by atoms with Crippen molar-refractivity contribution in [2.45, 2.75) is 25.7 Å². The molecule has 0 radical (unpaired) electrons. The van der Waals surface area contributed by atoms with Crippen molar-refractivity contribution in [2.24, 2.45) is 0 Å². The van der Waals surface area contributed by atoms with Crippen LogP contribution in [0.5, 0.6) is 0 Å². The van der Waals surface area contributed by atoms with E-state index in [4.69, 9.17) is 4.74 Å². The molecule has 1 amide bonds. The lowest BCUT2D eigenvalue weighted by molar-refractivity contribution is -0.137. The van der Waals surface area contributed by atoms with Crippen molar-refractivity contribution in [1.82, 2.24) is 19.9 Å². The molecule has 15 heteroatoms. The molecule has 40 heavy (non-hydrogen) atoms. The molecule has 3 aromatic rings. The fourth-order valence-corrected chi connectivity index (χ4v) is 4.47. The Morgan fingerprint density at radius 3 is 2.58 bits per heavy atom. The van der Waals surface area contributed by atoms with Gasteiger partial charge >= 0.3 is 6.18 Å². The monoisotopic (exact) mass is 579 g/mol. The third kappa shape index (κ3) is 6.77. The number of sulfonamides is 1. The zero-order valence-electron chi connectivity index (χ0n) is 21.9. The number of nitrogens with one attached hydrogen (secondary N) is 2. The van der Waals surface area contributed by atoms with E-state index in [9.17, 15) is 26.4 Å². The smallest absolute Gasteiger partial charge is 0.377 e. The molecule has 0 bridgehead atoms. The van der Waals surface area contributed by atoms with Gasteiger partial charge < -0.3 is 20.3 Å². The molecule has 1 aliphatic rings. The van der Waals surface area contributed by atoms with E-state index in [1.165, 1.54) is 13.2 Å². The van der Waals surface area contributed by atoms with Crippen molar-refractivity contribution < 1.29 is 31.1 Å². The minimum absolute atomic E-state index is 0.0555. The number of ether oxygens (including phenoxy) is 1. The first-order valence-electron chi connectivity index (χ1n) is 12.2. The summed E-state index contributed by atoms with van der Waals surface area (Å²) in [6.45, 7) is 3.12. The van der Waals surface area contributed by atoms with Gasteiger partial charge in [-0.25, -0.2) is 18.4 Å². The molecule has 214 valence electrons. The molecule has 0 unspecified atom stereocenters. The number of alkyl halides is 3. The Morgan fingerprint density at radius 2 is 1.93 bits per heavy atom. The van der Waals surface area contributed by atoms with E-state index < -0.39 is 27.6 Å². The highest BCUT2D eigenvalue weighted by atomic mass is 32.2. The number of benzene rings is 1. The molecule has 2 aromatic heterocycles. The van der Waals surface area contributed by atoms with E-state index in [-0.39, 0.29) is 30.3 Å². The van der Waals surface area contributed by atoms with E-state index in [1.807, 2.05) is 6.92 Å². The molecule has 1 saturated heterocycles. The summed E-state index contributed by atoms with van der Waals surface area (Å²) in [6, 6.07) is 9.47. The molecule has 3 heterocycles. The highest BCUT2D eigenvalue weighted by Crippen LogP contribution is 2.34. The van der Waals surface area contributed by atoms with Crippen molar-refractivity contribution in [3.8, 4) is 0 Å². The molecule has 0 saturated carbocycles. The fourth-order valence-electron chi connectivity index (χ4n) is 3.99. The Morgan fingerprint density at radius 1 is 1.20 bits per heavy atom. The van der Waals surface area contributed by atoms with Crippen LogP contribution in [0.15, 0.2) is 48.8 Å². The maximum absolute atomic E-state index is 13.7. The Balaban J connectivity index is 1.53. The van der Waals surface area contributed by atoms with Crippen molar-refractivity contribution in [3.63, 3.8) is 0 Å². The minimum atomic E-state index is -4.75. The summed E-state index contributed by atoms with van der Waals surface area (Å²) in [5.74, 6) is -0.693. The lowest BCUT2D eigenvalue weighted by atomic mass is 10.1. The average Bonchev–Trinajstić information content (AvgIpc) is 2.91. The Bertz CT molecular complexity index is 1470. The second-order valence-corrected chi connectivity index (χ2v) is 11.2. The Kier molecular flexibility index (Phi) is 8.44. The molecule has 1 aliphatic heterocycles. The average molecular weight is 580 g/mol. The van der Waals surface area contributed by atoms with Crippen LogP contribution in [0, 0.1) is 0 Å². The topological polar surface area (TPSA) is 130 Å². The van der Waals surface area contributed by atoms with Crippen molar-refractivity contribution in [2.75, 3.05) is 48.0 Å². The number of nitrogens with zero attached hydrogens (tertiary/aromatic N) is 5. The van der Waals surface area contributed by atoms with Gasteiger partial charge in [0.2, 0.25) is 16.0 Å². The van der Waals surface area contributed by atoms with Crippen LogP contribution in [0.3, 0.4) is 0 Å². The first-order chi connectivity index (χ1) is 18.8. The third-order valence-electron chi connectivity index (χ3n) is 6.22. The lowest BCUT2D eigenvalue weighted by Gasteiger charge is -2.33. The third-order valence-corrected chi connectivity index (χ3v) is 7.39. The van der Waals surface area contributed by atoms with Crippen molar-refractivity contribution in [3.05, 3.63) is 65.5 Å². The summed E-state index contributed by atoms with van der Waals surface area (Å²) < 4.78 is 71.4. The molecule has 1 fully saturated rings. The number of amides is 1. The number of morpholine rings is 1.